The van der Waals surface area contributed by atoms with Gasteiger partial charge < -0.3 is 11.1 Å². The van der Waals surface area contributed by atoms with Gasteiger partial charge in [-0.2, -0.15) is 0 Å². The van der Waals surface area contributed by atoms with E-state index in [4.69, 9.17) is 5.73 Å². The van der Waals surface area contributed by atoms with Crippen LogP contribution in [0.4, 0.5) is 11.4 Å². The smallest absolute Gasteiger partial charge is 0.0371 e. The second-order valence-electron chi connectivity index (χ2n) is 4.59. The molecule has 0 atom stereocenters. The molecule has 0 fully saturated rings. The van der Waals surface area contributed by atoms with Crippen molar-refractivity contribution in [1.82, 2.24) is 0 Å². The van der Waals surface area contributed by atoms with Gasteiger partial charge in [-0.1, -0.05) is 30.3 Å². The molecule has 0 radical (unpaired) electrons. The second-order valence-corrected chi connectivity index (χ2v) is 4.59. The van der Waals surface area contributed by atoms with Crippen molar-refractivity contribution in [2.75, 3.05) is 17.6 Å². The summed E-state index contributed by atoms with van der Waals surface area (Å²) in [6, 6.07) is 16.6. The monoisotopic (exact) mass is 240 g/mol. The van der Waals surface area contributed by atoms with E-state index in [2.05, 4.69) is 42.6 Å². The van der Waals surface area contributed by atoms with Crippen LogP contribution in [0, 0.1) is 6.92 Å². The van der Waals surface area contributed by atoms with E-state index in [9.17, 15) is 0 Å². The Hall–Kier alpha value is -1.96. The zero-order valence-electron chi connectivity index (χ0n) is 10.8. The molecule has 2 nitrogen and oxygen atoms in total. The minimum Gasteiger partial charge on any atom is -0.399 e. The van der Waals surface area contributed by atoms with Crippen LogP contribution in [0.2, 0.25) is 0 Å². The third-order valence-electron chi connectivity index (χ3n) is 3.05. The molecule has 0 unspecified atom stereocenters. The van der Waals surface area contributed by atoms with Gasteiger partial charge in [0, 0.05) is 17.9 Å². The van der Waals surface area contributed by atoms with Crippen LogP contribution in [-0.2, 0) is 6.42 Å². The SMILES string of the molecule is Cc1cc(N)ccc1NCCCc1ccccc1. The number of aryl methyl sites for hydroxylation is 2. The summed E-state index contributed by atoms with van der Waals surface area (Å²) in [6.45, 7) is 3.07. The van der Waals surface area contributed by atoms with E-state index in [1.165, 1.54) is 16.8 Å². The molecule has 0 bridgehead atoms. The number of nitrogens with one attached hydrogen (secondary N) is 1. The molecule has 0 amide bonds. The van der Waals surface area contributed by atoms with Gasteiger partial charge in [-0.05, 0) is 49.1 Å². The fraction of sp³-hybridized carbons (Fsp3) is 0.250. The minimum atomic E-state index is 0.822. The van der Waals surface area contributed by atoms with Gasteiger partial charge in [0.05, 0.1) is 0 Å². The van der Waals surface area contributed by atoms with Crippen molar-refractivity contribution in [1.29, 1.82) is 0 Å². The summed E-state index contributed by atoms with van der Waals surface area (Å²) in [4.78, 5) is 0. The van der Waals surface area contributed by atoms with Crippen molar-refractivity contribution < 1.29 is 0 Å². The lowest BCUT2D eigenvalue weighted by Gasteiger charge is -2.10. The van der Waals surface area contributed by atoms with Crippen LogP contribution in [-0.4, -0.2) is 6.54 Å². The maximum Gasteiger partial charge on any atom is 0.0371 e. The zero-order valence-corrected chi connectivity index (χ0v) is 10.8. The van der Waals surface area contributed by atoms with Gasteiger partial charge in [0.1, 0.15) is 0 Å². The molecule has 0 aromatic heterocycles. The molecule has 18 heavy (non-hydrogen) atoms. The summed E-state index contributed by atoms with van der Waals surface area (Å²) < 4.78 is 0. The maximum atomic E-state index is 5.73. The topological polar surface area (TPSA) is 38.0 Å². The van der Waals surface area contributed by atoms with Gasteiger partial charge in [0.15, 0.2) is 0 Å². The number of hydrogen-bond donors (Lipinski definition) is 2. The van der Waals surface area contributed by atoms with E-state index in [1.807, 2.05) is 18.2 Å². The van der Waals surface area contributed by atoms with Crippen LogP contribution in [0.1, 0.15) is 17.5 Å². The predicted molar refractivity (Wildman–Crippen MR) is 78.8 cm³/mol. The fourth-order valence-corrected chi connectivity index (χ4v) is 2.05. The first-order chi connectivity index (χ1) is 8.75. The largest absolute Gasteiger partial charge is 0.399 e. The van der Waals surface area contributed by atoms with Crippen molar-refractivity contribution >= 4 is 11.4 Å². The summed E-state index contributed by atoms with van der Waals surface area (Å²) in [6.07, 6.45) is 2.25. The Kier molecular flexibility index (Phi) is 4.24. The molecule has 2 heteroatoms. The lowest BCUT2D eigenvalue weighted by Crippen LogP contribution is -2.04. The first-order valence-electron chi connectivity index (χ1n) is 6.39. The van der Waals surface area contributed by atoms with E-state index < -0.39 is 0 Å². The lowest BCUT2D eigenvalue weighted by molar-refractivity contribution is 0.862. The van der Waals surface area contributed by atoms with Crippen LogP contribution in [0.3, 0.4) is 0 Å². The molecular weight excluding hydrogens is 220 g/mol. The summed E-state index contributed by atoms with van der Waals surface area (Å²) in [5, 5.41) is 3.45. The Morgan fingerprint density at radius 3 is 2.56 bits per heavy atom. The Bertz CT molecular complexity index is 492. The molecule has 0 spiro atoms. The Morgan fingerprint density at radius 1 is 1.06 bits per heavy atom. The van der Waals surface area contributed by atoms with Gasteiger partial charge in [0.25, 0.3) is 0 Å². The van der Waals surface area contributed by atoms with Crippen LogP contribution in [0.5, 0.6) is 0 Å². The minimum absolute atomic E-state index is 0.822. The van der Waals surface area contributed by atoms with Gasteiger partial charge in [-0.3, -0.25) is 0 Å². The zero-order chi connectivity index (χ0) is 12.8. The first kappa shape index (κ1) is 12.5. The molecule has 3 N–H and O–H groups in total. The highest BCUT2D eigenvalue weighted by Crippen LogP contribution is 2.17. The highest BCUT2D eigenvalue weighted by molar-refractivity contribution is 5.57. The second kappa shape index (κ2) is 6.10. The van der Waals surface area contributed by atoms with Crippen molar-refractivity contribution in [3.05, 3.63) is 59.7 Å². The maximum absolute atomic E-state index is 5.73. The van der Waals surface area contributed by atoms with Crippen LogP contribution in [0.15, 0.2) is 48.5 Å². The number of rotatable bonds is 5. The van der Waals surface area contributed by atoms with E-state index in [0.717, 1.165) is 25.1 Å². The average molecular weight is 240 g/mol. The van der Waals surface area contributed by atoms with Crippen LogP contribution < -0.4 is 11.1 Å². The molecule has 94 valence electrons. The molecular formula is C16H20N2. The Morgan fingerprint density at radius 2 is 1.83 bits per heavy atom. The van der Waals surface area contributed by atoms with Crippen molar-refractivity contribution in [2.24, 2.45) is 0 Å². The van der Waals surface area contributed by atoms with Crippen molar-refractivity contribution in [2.45, 2.75) is 19.8 Å². The van der Waals surface area contributed by atoms with E-state index in [0.29, 0.717) is 0 Å². The first-order valence-corrected chi connectivity index (χ1v) is 6.39. The number of anilines is 2. The molecule has 0 saturated carbocycles. The van der Waals surface area contributed by atoms with Gasteiger partial charge in [-0.25, -0.2) is 0 Å². The Labute approximate surface area is 109 Å². The standard InChI is InChI=1S/C16H20N2/c1-13-12-15(17)9-10-16(13)18-11-5-8-14-6-3-2-4-7-14/h2-4,6-7,9-10,12,18H,5,8,11,17H2,1H3. The van der Waals surface area contributed by atoms with Gasteiger partial charge in [-0.15, -0.1) is 0 Å². The summed E-state index contributed by atoms with van der Waals surface area (Å²) >= 11 is 0. The predicted octanol–water partition coefficient (Wildman–Crippen LogP) is 3.62. The average Bonchev–Trinajstić information content (AvgIpc) is 2.38. The highest BCUT2D eigenvalue weighted by Gasteiger charge is 1.98. The molecule has 0 aliphatic carbocycles. The normalized spacial score (nSPS) is 10.3. The van der Waals surface area contributed by atoms with E-state index in [-0.39, 0.29) is 0 Å². The quantitative estimate of drug-likeness (QED) is 0.618. The summed E-state index contributed by atoms with van der Waals surface area (Å²) in [5.74, 6) is 0. The number of nitrogen functional groups attached to an aromatic ring is 1. The number of benzene rings is 2. The molecule has 0 heterocycles. The molecule has 0 aliphatic heterocycles. The van der Waals surface area contributed by atoms with E-state index >= 15 is 0 Å². The number of hydrogen-bond acceptors (Lipinski definition) is 2. The molecule has 0 aliphatic rings. The highest BCUT2D eigenvalue weighted by atomic mass is 14.9. The third kappa shape index (κ3) is 3.52. The molecule has 2 rings (SSSR count). The van der Waals surface area contributed by atoms with E-state index in [1.54, 1.807) is 0 Å². The third-order valence-corrected chi connectivity index (χ3v) is 3.05. The van der Waals surface area contributed by atoms with Crippen LogP contribution in [0.25, 0.3) is 0 Å². The lowest BCUT2D eigenvalue weighted by atomic mass is 10.1. The summed E-state index contributed by atoms with van der Waals surface area (Å²) in [5.41, 5.74) is 10.3. The molecule has 2 aromatic carbocycles. The van der Waals surface area contributed by atoms with Crippen LogP contribution >= 0.6 is 0 Å². The molecule has 2 aromatic rings. The van der Waals surface area contributed by atoms with Gasteiger partial charge in [0.2, 0.25) is 0 Å². The van der Waals surface area contributed by atoms with Gasteiger partial charge >= 0.3 is 0 Å². The van der Waals surface area contributed by atoms with Crippen molar-refractivity contribution in [3.8, 4) is 0 Å². The fourth-order valence-electron chi connectivity index (χ4n) is 2.05. The summed E-state index contributed by atoms with van der Waals surface area (Å²) in [7, 11) is 0. The number of nitrogens with two attached hydrogens (primary N) is 1. The Balaban J connectivity index is 1.79. The molecule has 0 saturated heterocycles. The van der Waals surface area contributed by atoms with Crippen molar-refractivity contribution in [3.63, 3.8) is 0 Å².